The molecule has 2 N–H and O–H groups in total. The second-order valence-electron chi connectivity index (χ2n) is 6.82. The van der Waals surface area contributed by atoms with Gasteiger partial charge in [-0.25, -0.2) is 4.98 Å². The molecule has 7 nitrogen and oxygen atoms in total. The Balaban J connectivity index is 1.28. The lowest BCUT2D eigenvalue weighted by Crippen LogP contribution is -2.41. The largest absolute Gasteiger partial charge is 0.352 e. The van der Waals surface area contributed by atoms with E-state index in [4.69, 9.17) is 0 Å². The quantitative estimate of drug-likeness (QED) is 0.744. The predicted octanol–water partition coefficient (Wildman–Crippen LogP) is 2.24. The monoisotopic (exact) mass is 363 g/mol. The minimum atomic E-state index is -0.0830. The van der Waals surface area contributed by atoms with Crippen molar-refractivity contribution in [2.45, 2.75) is 12.8 Å². The predicted molar refractivity (Wildman–Crippen MR) is 101 cm³/mol. The molecule has 0 unspecified atom stereocenters. The van der Waals surface area contributed by atoms with Crippen LogP contribution in [0.25, 0.3) is 11.0 Å². The van der Waals surface area contributed by atoms with E-state index in [0.29, 0.717) is 36.7 Å². The highest BCUT2D eigenvalue weighted by Crippen LogP contribution is 2.19. The van der Waals surface area contributed by atoms with Crippen LogP contribution in [0.3, 0.4) is 0 Å². The van der Waals surface area contributed by atoms with E-state index < -0.39 is 0 Å². The van der Waals surface area contributed by atoms with Crippen molar-refractivity contribution in [3.63, 3.8) is 0 Å². The Bertz CT molecular complexity index is 945. The molecule has 7 heteroatoms. The summed E-state index contributed by atoms with van der Waals surface area (Å²) in [5.74, 6) is 0.321. The van der Waals surface area contributed by atoms with Crippen molar-refractivity contribution in [2.24, 2.45) is 5.92 Å². The van der Waals surface area contributed by atoms with Gasteiger partial charge in [0.1, 0.15) is 0 Å². The van der Waals surface area contributed by atoms with Gasteiger partial charge >= 0.3 is 0 Å². The number of fused-ring (bicyclic) bond motifs is 1. The van der Waals surface area contributed by atoms with Crippen LogP contribution < -0.4 is 5.32 Å². The highest BCUT2D eigenvalue weighted by Gasteiger charge is 2.24. The van der Waals surface area contributed by atoms with Crippen LogP contribution in [0, 0.1) is 5.92 Å². The fourth-order valence-corrected chi connectivity index (χ4v) is 3.43. The third-order valence-electron chi connectivity index (χ3n) is 5.04. The Hall–Kier alpha value is -3.22. The lowest BCUT2D eigenvalue weighted by atomic mass is 9.96. The summed E-state index contributed by atoms with van der Waals surface area (Å²) < 4.78 is 0. The number of likely N-dealkylation sites (tertiary alicyclic amines) is 1. The molecule has 138 valence electrons. The molecular weight excluding hydrogens is 342 g/mol. The smallest absolute Gasteiger partial charge is 0.255 e. The zero-order chi connectivity index (χ0) is 18.6. The first-order chi connectivity index (χ1) is 13.2. The molecule has 1 aliphatic heterocycles. The molecule has 3 aromatic rings. The fraction of sp³-hybridized carbons (Fsp3) is 0.300. The Morgan fingerprint density at radius 1 is 1.19 bits per heavy atom. The average Bonchev–Trinajstić information content (AvgIpc) is 3.20. The summed E-state index contributed by atoms with van der Waals surface area (Å²) in [6, 6.07) is 9.00. The highest BCUT2D eigenvalue weighted by molar-refractivity contribution is 5.97. The SMILES string of the molecule is O=C(NCC1CCN(C(=O)c2cccnc2)CC1)c1ccc2nc[nH]c2c1. The lowest BCUT2D eigenvalue weighted by Gasteiger charge is -2.32. The van der Waals surface area contributed by atoms with Gasteiger partial charge in [-0.2, -0.15) is 0 Å². The van der Waals surface area contributed by atoms with Gasteiger partial charge in [-0.1, -0.05) is 0 Å². The molecule has 0 spiro atoms. The van der Waals surface area contributed by atoms with Crippen molar-refractivity contribution in [3.05, 3.63) is 60.2 Å². The fourth-order valence-electron chi connectivity index (χ4n) is 3.43. The van der Waals surface area contributed by atoms with Crippen molar-refractivity contribution in [1.29, 1.82) is 0 Å². The normalized spacial score (nSPS) is 15.0. The van der Waals surface area contributed by atoms with Crippen molar-refractivity contribution in [2.75, 3.05) is 19.6 Å². The number of aromatic nitrogens is 3. The second kappa shape index (κ2) is 7.57. The number of hydrogen-bond donors (Lipinski definition) is 2. The van der Waals surface area contributed by atoms with Gasteiger partial charge in [-0.15, -0.1) is 0 Å². The molecular formula is C20H21N5O2. The minimum absolute atomic E-state index is 0.0263. The van der Waals surface area contributed by atoms with E-state index in [1.54, 1.807) is 36.9 Å². The Kier molecular flexibility index (Phi) is 4.82. The number of carbonyl (C=O) groups is 2. The molecule has 0 atom stereocenters. The first-order valence-electron chi connectivity index (χ1n) is 9.11. The molecule has 1 saturated heterocycles. The van der Waals surface area contributed by atoms with Crippen molar-refractivity contribution >= 4 is 22.8 Å². The lowest BCUT2D eigenvalue weighted by molar-refractivity contribution is 0.0684. The van der Waals surface area contributed by atoms with Gasteiger partial charge in [0.05, 0.1) is 22.9 Å². The van der Waals surface area contributed by atoms with Gasteiger partial charge < -0.3 is 15.2 Å². The summed E-state index contributed by atoms with van der Waals surface area (Å²) in [5.41, 5.74) is 2.94. The molecule has 1 fully saturated rings. The number of amides is 2. The van der Waals surface area contributed by atoms with Crippen molar-refractivity contribution in [1.82, 2.24) is 25.2 Å². The van der Waals surface area contributed by atoms with Crippen LogP contribution in [-0.2, 0) is 0 Å². The second-order valence-corrected chi connectivity index (χ2v) is 6.82. The first kappa shape index (κ1) is 17.2. The van der Waals surface area contributed by atoms with Crippen LogP contribution in [0.2, 0.25) is 0 Å². The van der Waals surface area contributed by atoms with Crippen LogP contribution in [0.15, 0.2) is 49.1 Å². The maximum absolute atomic E-state index is 12.5. The van der Waals surface area contributed by atoms with Gasteiger partial charge in [0.2, 0.25) is 0 Å². The molecule has 0 bridgehead atoms. The molecule has 27 heavy (non-hydrogen) atoms. The summed E-state index contributed by atoms with van der Waals surface area (Å²) in [6.07, 6.45) is 6.64. The van der Waals surface area contributed by atoms with Crippen LogP contribution in [0.5, 0.6) is 0 Å². The first-order valence-corrected chi connectivity index (χ1v) is 9.11. The van der Waals surface area contributed by atoms with Gasteiger partial charge in [0.15, 0.2) is 0 Å². The number of H-pyrrole nitrogens is 1. The molecule has 2 aromatic heterocycles. The zero-order valence-corrected chi connectivity index (χ0v) is 14.9. The summed E-state index contributed by atoms with van der Waals surface area (Å²) in [6.45, 7) is 2.03. The van der Waals surface area contributed by atoms with E-state index in [0.717, 1.165) is 23.9 Å². The molecule has 0 radical (unpaired) electrons. The van der Waals surface area contributed by atoms with Crippen molar-refractivity contribution in [3.8, 4) is 0 Å². The zero-order valence-electron chi connectivity index (χ0n) is 14.9. The minimum Gasteiger partial charge on any atom is -0.352 e. The number of piperidine rings is 1. The molecule has 3 heterocycles. The number of benzene rings is 1. The summed E-state index contributed by atoms with van der Waals surface area (Å²) in [7, 11) is 0. The summed E-state index contributed by atoms with van der Waals surface area (Å²) in [4.78, 5) is 37.9. The molecule has 0 saturated carbocycles. The topological polar surface area (TPSA) is 91.0 Å². The summed E-state index contributed by atoms with van der Waals surface area (Å²) >= 11 is 0. The van der Waals surface area contributed by atoms with Crippen molar-refractivity contribution < 1.29 is 9.59 Å². The molecule has 4 rings (SSSR count). The molecule has 0 aliphatic carbocycles. The third kappa shape index (κ3) is 3.81. The number of hydrogen-bond acceptors (Lipinski definition) is 4. The van der Waals surface area contributed by atoms with Crippen LogP contribution >= 0.6 is 0 Å². The van der Waals surface area contributed by atoms with E-state index in [9.17, 15) is 9.59 Å². The van der Waals surface area contributed by atoms with E-state index in [-0.39, 0.29) is 11.8 Å². The maximum atomic E-state index is 12.5. The number of nitrogens with zero attached hydrogens (tertiary/aromatic N) is 3. The Labute approximate surface area is 156 Å². The van der Waals surface area contributed by atoms with Gasteiger partial charge in [-0.3, -0.25) is 14.6 Å². The number of aromatic amines is 1. The van der Waals surface area contributed by atoms with E-state index in [2.05, 4.69) is 20.3 Å². The van der Waals surface area contributed by atoms with Crippen LogP contribution in [0.1, 0.15) is 33.6 Å². The Morgan fingerprint density at radius 3 is 2.81 bits per heavy atom. The number of pyridine rings is 1. The van der Waals surface area contributed by atoms with Gasteiger partial charge in [0.25, 0.3) is 11.8 Å². The number of rotatable bonds is 4. The van der Waals surface area contributed by atoms with Gasteiger partial charge in [-0.05, 0) is 49.1 Å². The molecule has 1 aliphatic rings. The highest BCUT2D eigenvalue weighted by atomic mass is 16.2. The molecule has 2 amide bonds. The number of imidazole rings is 1. The van der Waals surface area contributed by atoms with Crippen LogP contribution in [0.4, 0.5) is 0 Å². The standard InChI is InChI=1S/C20H21N5O2/c26-19(15-3-4-17-18(10-15)24-13-23-17)22-11-14-5-8-25(9-6-14)20(27)16-2-1-7-21-12-16/h1-4,7,10,12-14H,5-6,8-9,11H2,(H,22,26)(H,23,24). The maximum Gasteiger partial charge on any atom is 0.255 e. The van der Waals surface area contributed by atoms with E-state index >= 15 is 0 Å². The third-order valence-corrected chi connectivity index (χ3v) is 5.04. The molecule has 1 aromatic carbocycles. The van der Waals surface area contributed by atoms with E-state index in [1.165, 1.54) is 0 Å². The van der Waals surface area contributed by atoms with E-state index in [1.807, 2.05) is 17.0 Å². The summed E-state index contributed by atoms with van der Waals surface area (Å²) in [5, 5.41) is 3.01. The Morgan fingerprint density at radius 2 is 2.04 bits per heavy atom. The van der Waals surface area contributed by atoms with Gasteiger partial charge in [0, 0.05) is 37.6 Å². The van der Waals surface area contributed by atoms with Crippen LogP contribution in [-0.4, -0.2) is 51.3 Å². The number of nitrogens with one attached hydrogen (secondary N) is 2. The average molecular weight is 363 g/mol. The number of carbonyl (C=O) groups excluding carboxylic acids is 2.